The molecule has 4 heterocycles. The molecule has 11 nitrogen and oxygen atoms in total. The summed E-state index contributed by atoms with van der Waals surface area (Å²) in [5, 5.41) is 17.8. The number of esters is 1. The van der Waals surface area contributed by atoms with E-state index in [0.717, 1.165) is 54.0 Å². The van der Waals surface area contributed by atoms with E-state index < -0.39 is 12.1 Å². The van der Waals surface area contributed by atoms with Crippen LogP contribution in [0.25, 0.3) is 22.6 Å². The van der Waals surface area contributed by atoms with E-state index in [0.29, 0.717) is 18.9 Å². The van der Waals surface area contributed by atoms with Crippen molar-refractivity contribution in [3.8, 4) is 23.0 Å². The van der Waals surface area contributed by atoms with Crippen LogP contribution in [0.1, 0.15) is 72.4 Å². The number of pyridine rings is 2. The minimum atomic E-state index is -0.991. The van der Waals surface area contributed by atoms with Crippen LogP contribution >= 0.6 is 0 Å². The molecular formula is C36H40N6O5. The van der Waals surface area contributed by atoms with Crippen LogP contribution in [0.2, 0.25) is 0 Å². The summed E-state index contributed by atoms with van der Waals surface area (Å²) >= 11 is 0. The van der Waals surface area contributed by atoms with Gasteiger partial charge in [0.1, 0.15) is 17.5 Å². The normalized spacial score (nSPS) is 16.3. The first kappa shape index (κ1) is 31.9. The van der Waals surface area contributed by atoms with Crippen molar-refractivity contribution in [1.29, 1.82) is 0 Å². The van der Waals surface area contributed by atoms with Gasteiger partial charge < -0.3 is 24.8 Å². The number of aromatic nitrogens is 4. The molecule has 0 spiro atoms. The first-order valence-electron chi connectivity index (χ1n) is 16.1. The number of benzene rings is 1. The Bertz CT molecular complexity index is 1830. The van der Waals surface area contributed by atoms with Gasteiger partial charge in [-0.25, -0.2) is 14.8 Å². The summed E-state index contributed by atoms with van der Waals surface area (Å²) in [6, 6.07) is 16.3. The maximum atomic E-state index is 12.5. The van der Waals surface area contributed by atoms with Gasteiger partial charge in [-0.1, -0.05) is 37.3 Å². The van der Waals surface area contributed by atoms with Crippen molar-refractivity contribution >= 4 is 23.3 Å². The van der Waals surface area contributed by atoms with Crippen LogP contribution in [0, 0.1) is 0 Å². The Morgan fingerprint density at radius 3 is 2.62 bits per heavy atom. The number of nitrogens with zero attached hydrogens (tertiary/aromatic N) is 5. The predicted octanol–water partition coefficient (Wildman–Crippen LogP) is 5.17. The smallest absolute Gasteiger partial charge is 0.345 e. The zero-order chi connectivity index (χ0) is 33.1. The molecule has 1 aromatic carbocycles. The number of hydrogen-bond acceptors (Lipinski definition) is 9. The van der Waals surface area contributed by atoms with Crippen LogP contribution in [-0.2, 0) is 22.4 Å². The Labute approximate surface area is 274 Å². The molecule has 1 aliphatic heterocycles. The summed E-state index contributed by atoms with van der Waals surface area (Å²) in [4.78, 5) is 36.4. The van der Waals surface area contributed by atoms with Gasteiger partial charge in [0.25, 0.3) is 5.91 Å². The van der Waals surface area contributed by atoms with Crippen molar-refractivity contribution in [1.82, 2.24) is 24.6 Å². The fourth-order valence-corrected chi connectivity index (χ4v) is 6.49. The monoisotopic (exact) mass is 636 g/mol. The average Bonchev–Trinajstić information content (AvgIpc) is 3.72. The summed E-state index contributed by atoms with van der Waals surface area (Å²) in [5.41, 5.74) is 7.80. The first-order valence-corrected chi connectivity index (χ1v) is 16.1. The number of amides is 1. The summed E-state index contributed by atoms with van der Waals surface area (Å²) in [7, 11) is 1.49. The van der Waals surface area contributed by atoms with Crippen LogP contribution in [0.3, 0.4) is 0 Å². The van der Waals surface area contributed by atoms with Gasteiger partial charge in [-0.2, -0.15) is 9.78 Å². The molecule has 47 heavy (non-hydrogen) atoms. The second-order valence-electron chi connectivity index (χ2n) is 11.7. The third kappa shape index (κ3) is 6.35. The van der Waals surface area contributed by atoms with Crippen LogP contribution < -0.4 is 10.1 Å². The van der Waals surface area contributed by atoms with E-state index in [4.69, 9.17) is 19.4 Å². The summed E-state index contributed by atoms with van der Waals surface area (Å²) in [6.07, 6.45) is 5.87. The third-order valence-electron chi connectivity index (χ3n) is 8.74. The van der Waals surface area contributed by atoms with Gasteiger partial charge in [-0.15, -0.1) is 0 Å². The standard InChI is InChI=1S/C36H40N6O5/c1-5-28-25(23-17-19-41(20-18-23)34(44)22(3)43)14-16-31(38-28)39-30-15-13-24-9-7-10-26(33(24)30)29-11-8-12-32(40-29)42-35(46-4)27(21-37-42)36(45)47-6-2/h7-12,14,16-17,21-22,30,43H,5-6,13,15,18-20H2,1-4H3,(H,38,39)/t22-,30?/m0/s1. The number of methoxy groups -OCH3 is 1. The Hall–Kier alpha value is -5.03. The van der Waals surface area contributed by atoms with E-state index in [2.05, 4.69) is 47.7 Å². The van der Waals surface area contributed by atoms with Gasteiger partial charge >= 0.3 is 5.97 Å². The quantitative estimate of drug-likeness (QED) is 0.226. The predicted molar refractivity (Wildman–Crippen MR) is 178 cm³/mol. The molecule has 244 valence electrons. The Morgan fingerprint density at radius 2 is 1.89 bits per heavy atom. The summed E-state index contributed by atoms with van der Waals surface area (Å²) in [5.74, 6) is 0.865. The van der Waals surface area contributed by atoms with Crippen molar-refractivity contribution in [2.45, 2.75) is 58.6 Å². The second kappa shape index (κ2) is 13.8. The molecular weight excluding hydrogens is 596 g/mol. The molecule has 2 atom stereocenters. The van der Waals surface area contributed by atoms with Crippen LogP contribution in [0.5, 0.6) is 5.88 Å². The van der Waals surface area contributed by atoms with E-state index in [9.17, 15) is 14.7 Å². The van der Waals surface area contributed by atoms with Crippen molar-refractivity contribution in [2.24, 2.45) is 0 Å². The average molecular weight is 637 g/mol. The highest BCUT2D eigenvalue weighted by atomic mass is 16.5. The molecule has 1 amide bonds. The van der Waals surface area contributed by atoms with Crippen molar-refractivity contribution in [3.05, 3.63) is 88.8 Å². The molecule has 1 aliphatic carbocycles. The van der Waals surface area contributed by atoms with Gasteiger partial charge in [0.05, 0.1) is 37.3 Å². The highest BCUT2D eigenvalue weighted by Gasteiger charge is 2.28. The molecule has 0 fully saturated rings. The van der Waals surface area contributed by atoms with Gasteiger partial charge in [-0.05, 0) is 86.1 Å². The molecule has 6 rings (SSSR count). The fraction of sp³-hybridized carbons (Fsp3) is 0.361. The van der Waals surface area contributed by atoms with Crippen molar-refractivity contribution < 1.29 is 24.2 Å². The molecule has 4 aromatic rings. The highest BCUT2D eigenvalue weighted by molar-refractivity contribution is 5.92. The van der Waals surface area contributed by atoms with Gasteiger partial charge in [0.15, 0.2) is 5.82 Å². The number of ether oxygens (including phenoxy) is 2. The number of aliphatic hydroxyl groups excluding tert-OH is 1. The maximum Gasteiger partial charge on any atom is 0.345 e. The summed E-state index contributed by atoms with van der Waals surface area (Å²) < 4.78 is 12.2. The van der Waals surface area contributed by atoms with E-state index in [1.165, 1.54) is 41.6 Å². The van der Waals surface area contributed by atoms with E-state index in [-0.39, 0.29) is 30.0 Å². The molecule has 0 radical (unpaired) electrons. The van der Waals surface area contributed by atoms with E-state index in [1.54, 1.807) is 11.8 Å². The Balaban J connectivity index is 1.26. The number of rotatable bonds is 10. The topological polar surface area (TPSA) is 132 Å². The van der Waals surface area contributed by atoms with Gasteiger partial charge in [-0.3, -0.25) is 4.79 Å². The van der Waals surface area contributed by atoms with E-state index >= 15 is 0 Å². The third-order valence-corrected chi connectivity index (χ3v) is 8.74. The first-order chi connectivity index (χ1) is 22.8. The largest absolute Gasteiger partial charge is 0.480 e. The number of carbonyl (C=O) groups is 2. The number of aryl methyl sites for hydroxylation is 2. The molecule has 0 bridgehead atoms. The zero-order valence-corrected chi connectivity index (χ0v) is 27.2. The van der Waals surface area contributed by atoms with Crippen molar-refractivity contribution in [2.75, 3.05) is 32.1 Å². The Morgan fingerprint density at radius 1 is 1.06 bits per heavy atom. The highest BCUT2D eigenvalue weighted by Crippen LogP contribution is 2.40. The lowest BCUT2D eigenvalue weighted by Crippen LogP contribution is -2.40. The molecule has 2 N–H and O–H groups in total. The SMILES string of the molecule is CCOC(=O)c1cnn(-c2cccc(-c3cccc4c3C(Nc3ccc(C5=CCN(C(=O)[C@H](C)O)CC5)c(CC)n3)CC4)n2)c1OC. The Kier molecular flexibility index (Phi) is 9.35. The fourth-order valence-electron chi connectivity index (χ4n) is 6.49. The second-order valence-corrected chi connectivity index (χ2v) is 11.7. The lowest BCUT2D eigenvalue weighted by atomic mass is 9.96. The molecule has 0 saturated heterocycles. The number of fused-ring (bicyclic) bond motifs is 1. The minimum absolute atomic E-state index is 0.0401. The molecule has 3 aromatic heterocycles. The van der Waals surface area contributed by atoms with Gasteiger partial charge in [0.2, 0.25) is 5.88 Å². The van der Waals surface area contributed by atoms with Crippen LogP contribution in [0.4, 0.5) is 5.82 Å². The van der Waals surface area contributed by atoms with Gasteiger partial charge in [0, 0.05) is 18.7 Å². The summed E-state index contributed by atoms with van der Waals surface area (Å²) in [6.45, 7) is 6.68. The molecule has 11 heteroatoms. The lowest BCUT2D eigenvalue weighted by molar-refractivity contribution is -0.138. The van der Waals surface area contributed by atoms with Crippen LogP contribution in [0.15, 0.2) is 60.8 Å². The molecule has 0 saturated carbocycles. The van der Waals surface area contributed by atoms with Crippen molar-refractivity contribution in [3.63, 3.8) is 0 Å². The number of hydrogen-bond donors (Lipinski definition) is 2. The number of anilines is 1. The van der Waals surface area contributed by atoms with Crippen LogP contribution in [-0.4, -0.2) is 74.5 Å². The van der Waals surface area contributed by atoms with E-state index in [1.807, 2.05) is 24.3 Å². The lowest BCUT2D eigenvalue weighted by Gasteiger charge is -2.28. The molecule has 1 unspecified atom stereocenters. The maximum absolute atomic E-state index is 12.5. The minimum Gasteiger partial charge on any atom is -0.480 e. The number of carbonyl (C=O) groups excluding carboxylic acids is 2. The number of nitrogens with one attached hydrogen (secondary N) is 1. The number of aliphatic hydroxyl groups is 1. The molecule has 2 aliphatic rings. The zero-order valence-electron chi connectivity index (χ0n) is 27.2.